The van der Waals surface area contributed by atoms with Crippen molar-refractivity contribution in [3.8, 4) is 5.75 Å². The molecule has 0 amide bonds. The third-order valence-electron chi connectivity index (χ3n) is 2.07. The van der Waals surface area contributed by atoms with Crippen molar-refractivity contribution in [2.75, 3.05) is 26.0 Å². The van der Waals surface area contributed by atoms with E-state index in [9.17, 15) is 0 Å². The summed E-state index contributed by atoms with van der Waals surface area (Å²) in [6.45, 7) is 4.95. The monoisotopic (exact) mass is 225 g/mol. The third kappa shape index (κ3) is 4.58. The predicted octanol–water partition coefficient (Wildman–Crippen LogP) is 2.79. The van der Waals surface area contributed by atoms with E-state index >= 15 is 0 Å². The zero-order valence-corrected chi connectivity index (χ0v) is 10.3. The molecule has 0 aliphatic heterocycles. The van der Waals surface area contributed by atoms with Gasteiger partial charge in [0, 0.05) is 4.90 Å². The molecule has 84 valence electrons. The van der Waals surface area contributed by atoms with Gasteiger partial charge in [-0.3, -0.25) is 0 Å². The molecule has 0 atom stereocenters. The average molecular weight is 225 g/mol. The number of ether oxygens (including phenoxy) is 1. The van der Waals surface area contributed by atoms with Crippen molar-refractivity contribution < 1.29 is 4.74 Å². The Bertz CT molecular complexity index is 278. The Kier molecular flexibility index (Phi) is 6.28. The number of hydrogen-bond acceptors (Lipinski definition) is 3. The lowest BCUT2D eigenvalue weighted by molar-refractivity contribution is 0.302. The topological polar surface area (TPSA) is 21.3 Å². The van der Waals surface area contributed by atoms with Gasteiger partial charge in [-0.2, -0.15) is 0 Å². The van der Waals surface area contributed by atoms with E-state index in [1.54, 1.807) is 11.8 Å². The van der Waals surface area contributed by atoms with E-state index in [-0.39, 0.29) is 0 Å². The van der Waals surface area contributed by atoms with Gasteiger partial charge in [0.05, 0.1) is 6.61 Å². The molecule has 0 heterocycles. The van der Waals surface area contributed by atoms with Crippen LogP contribution in [0.2, 0.25) is 0 Å². The van der Waals surface area contributed by atoms with E-state index in [2.05, 4.69) is 24.6 Å². The Morgan fingerprint density at radius 3 is 2.87 bits per heavy atom. The average Bonchev–Trinajstić information content (AvgIpc) is 2.29. The summed E-state index contributed by atoms with van der Waals surface area (Å²) in [5.41, 5.74) is 0. The number of benzene rings is 1. The molecule has 0 aliphatic carbocycles. The molecule has 0 aliphatic rings. The molecule has 0 fully saturated rings. The van der Waals surface area contributed by atoms with E-state index in [1.165, 1.54) is 4.90 Å². The van der Waals surface area contributed by atoms with Crippen molar-refractivity contribution in [3.63, 3.8) is 0 Å². The quantitative estimate of drug-likeness (QED) is 0.569. The molecule has 0 aromatic heterocycles. The number of hydrogen-bond donors (Lipinski definition) is 1. The minimum atomic E-state index is 0.782. The molecule has 2 nitrogen and oxygen atoms in total. The highest BCUT2D eigenvalue weighted by atomic mass is 32.2. The van der Waals surface area contributed by atoms with Crippen LogP contribution in [-0.2, 0) is 0 Å². The Morgan fingerprint density at radius 2 is 2.13 bits per heavy atom. The van der Waals surface area contributed by atoms with Gasteiger partial charge in [-0.05, 0) is 37.9 Å². The Morgan fingerprint density at radius 1 is 1.33 bits per heavy atom. The summed E-state index contributed by atoms with van der Waals surface area (Å²) in [4.78, 5) is 1.21. The second kappa shape index (κ2) is 7.60. The highest BCUT2D eigenvalue weighted by Crippen LogP contribution is 2.26. The summed E-state index contributed by atoms with van der Waals surface area (Å²) in [6.07, 6.45) is 3.12. The first-order chi connectivity index (χ1) is 7.38. The number of nitrogens with one attached hydrogen (secondary N) is 1. The summed E-state index contributed by atoms with van der Waals surface area (Å²) in [6, 6.07) is 8.17. The molecule has 1 N–H and O–H groups in total. The van der Waals surface area contributed by atoms with Crippen molar-refractivity contribution >= 4 is 11.8 Å². The van der Waals surface area contributed by atoms with Crippen LogP contribution in [0.5, 0.6) is 5.75 Å². The van der Waals surface area contributed by atoms with Gasteiger partial charge in [0.2, 0.25) is 0 Å². The van der Waals surface area contributed by atoms with Gasteiger partial charge in [0.1, 0.15) is 5.75 Å². The first-order valence-corrected chi connectivity index (χ1v) is 6.57. The molecule has 0 unspecified atom stereocenters. The highest BCUT2D eigenvalue weighted by Gasteiger charge is 2.00. The second-order valence-electron chi connectivity index (χ2n) is 3.21. The number of thioether (sulfide) groups is 1. The number of para-hydroxylation sites is 1. The summed E-state index contributed by atoms with van der Waals surface area (Å²) in [5, 5.41) is 3.28. The van der Waals surface area contributed by atoms with Gasteiger partial charge >= 0.3 is 0 Å². The lowest BCUT2D eigenvalue weighted by atomic mass is 10.3. The molecule has 0 radical (unpaired) electrons. The van der Waals surface area contributed by atoms with Crippen LogP contribution in [0.15, 0.2) is 29.2 Å². The molecular weight excluding hydrogens is 206 g/mol. The fourth-order valence-electron chi connectivity index (χ4n) is 1.29. The van der Waals surface area contributed by atoms with Crippen LogP contribution >= 0.6 is 11.8 Å². The zero-order chi connectivity index (χ0) is 10.9. The van der Waals surface area contributed by atoms with Gasteiger partial charge in [0.15, 0.2) is 0 Å². The van der Waals surface area contributed by atoms with Gasteiger partial charge in [-0.25, -0.2) is 0 Å². The van der Waals surface area contributed by atoms with Crippen molar-refractivity contribution in [1.29, 1.82) is 0 Å². The second-order valence-corrected chi connectivity index (χ2v) is 4.05. The van der Waals surface area contributed by atoms with Crippen LogP contribution in [0.3, 0.4) is 0 Å². The molecule has 1 aromatic carbocycles. The lowest BCUT2D eigenvalue weighted by Gasteiger charge is -2.09. The molecule has 0 saturated heterocycles. The van der Waals surface area contributed by atoms with Gasteiger partial charge in [-0.1, -0.05) is 19.1 Å². The zero-order valence-electron chi connectivity index (χ0n) is 9.45. The third-order valence-corrected chi connectivity index (χ3v) is 2.85. The normalized spacial score (nSPS) is 10.3. The lowest BCUT2D eigenvalue weighted by Crippen LogP contribution is -2.16. The fraction of sp³-hybridized carbons (Fsp3) is 0.500. The maximum atomic E-state index is 5.71. The van der Waals surface area contributed by atoms with E-state index in [0.717, 1.165) is 31.9 Å². The summed E-state index contributed by atoms with van der Waals surface area (Å²) < 4.78 is 5.71. The molecule has 0 bridgehead atoms. The minimum absolute atomic E-state index is 0.782. The first-order valence-electron chi connectivity index (χ1n) is 5.35. The summed E-state index contributed by atoms with van der Waals surface area (Å²) in [5.74, 6) is 1.00. The van der Waals surface area contributed by atoms with Crippen LogP contribution in [0, 0.1) is 0 Å². The van der Waals surface area contributed by atoms with E-state index in [0.29, 0.717) is 0 Å². The van der Waals surface area contributed by atoms with E-state index in [4.69, 9.17) is 4.74 Å². The fourth-order valence-corrected chi connectivity index (χ4v) is 1.84. The minimum Gasteiger partial charge on any atom is -0.492 e. The van der Waals surface area contributed by atoms with Crippen molar-refractivity contribution in [2.24, 2.45) is 0 Å². The van der Waals surface area contributed by atoms with Gasteiger partial charge < -0.3 is 10.1 Å². The Balaban J connectivity index is 2.30. The molecule has 1 rings (SSSR count). The SMILES string of the molecule is CCNCCCOc1ccccc1SC. The van der Waals surface area contributed by atoms with Crippen LogP contribution < -0.4 is 10.1 Å². The standard InChI is InChI=1S/C12H19NOS/c1-3-13-9-6-10-14-11-7-4-5-8-12(11)15-2/h4-5,7-8,13H,3,6,9-10H2,1-2H3. The molecule has 3 heteroatoms. The molecule has 1 aromatic rings. The molecule has 15 heavy (non-hydrogen) atoms. The van der Waals surface area contributed by atoms with E-state index in [1.807, 2.05) is 18.2 Å². The van der Waals surface area contributed by atoms with Crippen LogP contribution in [0.4, 0.5) is 0 Å². The van der Waals surface area contributed by atoms with Crippen LogP contribution in [-0.4, -0.2) is 26.0 Å². The molecular formula is C12H19NOS. The Labute approximate surface area is 96.4 Å². The summed E-state index contributed by atoms with van der Waals surface area (Å²) >= 11 is 1.72. The molecule has 0 spiro atoms. The molecule has 0 saturated carbocycles. The van der Waals surface area contributed by atoms with Crippen molar-refractivity contribution in [3.05, 3.63) is 24.3 Å². The Hall–Kier alpha value is -0.670. The summed E-state index contributed by atoms with van der Waals surface area (Å²) in [7, 11) is 0. The largest absolute Gasteiger partial charge is 0.492 e. The van der Waals surface area contributed by atoms with Crippen molar-refractivity contribution in [2.45, 2.75) is 18.2 Å². The first kappa shape index (κ1) is 12.4. The van der Waals surface area contributed by atoms with E-state index < -0.39 is 0 Å². The smallest absolute Gasteiger partial charge is 0.132 e. The van der Waals surface area contributed by atoms with Crippen molar-refractivity contribution in [1.82, 2.24) is 5.32 Å². The predicted molar refractivity (Wildman–Crippen MR) is 66.9 cm³/mol. The van der Waals surface area contributed by atoms with Crippen LogP contribution in [0.25, 0.3) is 0 Å². The number of rotatable bonds is 7. The highest BCUT2D eigenvalue weighted by molar-refractivity contribution is 7.98. The van der Waals surface area contributed by atoms with Gasteiger partial charge in [-0.15, -0.1) is 11.8 Å². The maximum absolute atomic E-state index is 5.71. The maximum Gasteiger partial charge on any atom is 0.132 e. The van der Waals surface area contributed by atoms with Crippen LogP contribution in [0.1, 0.15) is 13.3 Å². The van der Waals surface area contributed by atoms with Gasteiger partial charge in [0.25, 0.3) is 0 Å².